The summed E-state index contributed by atoms with van der Waals surface area (Å²) < 4.78 is 0.827. The number of hydrogen-bond donors (Lipinski definition) is 2. The van der Waals surface area contributed by atoms with Crippen LogP contribution in [-0.4, -0.2) is 11.2 Å². The molecule has 0 saturated heterocycles. The molecule has 0 amide bonds. The van der Waals surface area contributed by atoms with Crippen LogP contribution in [0.25, 0.3) is 0 Å². The lowest BCUT2D eigenvalue weighted by atomic mass is 10.0. The number of hydrogen-bond acceptors (Lipinski definition) is 2. The average Bonchev–Trinajstić information content (AvgIpc) is 2.03. The number of benzene rings is 1. The summed E-state index contributed by atoms with van der Waals surface area (Å²) in [5.41, 5.74) is 6.63. The van der Waals surface area contributed by atoms with E-state index >= 15 is 0 Å². The lowest BCUT2D eigenvalue weighted by molar-refractivity contribution is 0.164. The molecule has 2 nitrogen and oxygen atoms in total. The van der Waals surface area contributed by atoms with Gasteiger partial charge in [0, 0.05) is 9.50 Å². The van der Waals surface area contributed by atoms with Crippen molar-refractivity contribution in [3.05, 3.63) is 33.3 Å². The Balaban J connectivity index is 3.01. The van der Waals surface area contributed by atoms with Gasteiger partial charge in [0.05, 0.1) is 12.1 Å². The van der Waals surface area contributed by atoms with Crippen LogP contribution in [0.1, 0.15) is 18.5 Å². The summed E-state index contributed by atoms with van der Waals surface area (Å²) in [4.78, 5) is 0. The Kier molecular flexibility index (Phi) is 3.74. The highest BCUT2D eigenvalue weighted by Crippen LogP contribution is 2.26. The molecule has 1 aromatic carbocycles. The fourth-order valence-corrected chi connectivity index (χ4v) is 1.98. The van der Waals surface area contributed by atoms with E-state index in [1.165, 1.54) is 0 Å². The van der Waals surface area contributed by atoms with E-state index in [2.05, 4.69) is 15.9 Å². The molecule has 0 fully saturated rings. The smallest absolute Gasteiger partial charge is 0.0705 e. The van der Waals surface area contributed by atoms with E-state index in [-0.39, 0.29) is 6.04 Å². The van der Waals surface area contributed by atoms with E-state index in [4.69, 9.17) is 17.3 Å². The van der Waals surface area contributed by atoms with Crippen LogP contribution >= 0.6 is 27.5 Å². The topological polar surface area (TPSA) is 46.2 Å². The first-order valence-corrected chi connectivity index (χ1v) is 5.08. The highest BCUT2D eigenvalue weighted by molar-refractivity contribution is 9.10. The molecule has 0 radical (unpaired) electrons. The lowest BCUT2D eigenvalue weighted by Gasteiger charge is -2.16. The third kappa shape index (κ3) is 2.68. The van der Waals surface area contributed by atoms with Crippen molar-refractivity contribution in [2.24, 2.45) is 5.73 Å². The van der Waals surface area contributed by atoms with Crippen LogP contribution < -0.4 is 5.73 Å². The molecule has 1 aromatic rings. The summed E-state index contributed by atoms with van der Waals surface area (Å²) in [6, 6.07) is 4.94. The van der Waals surface area contributed by atoms with Gasteiger partial charge < -0.3 is 10.8 Å². The maximum atomic E-state index is 9.29. The van der Waals surface area contributed by atoms with E-state index < -0.39 is 6.10 Å². The summed E-state index contributed by atoms with van der Waals surface area (Å²) in [5, 5.41) is 9.94. The average molecular weight is 265 g/mol. The van der Waals surface area contributed by atoms with Crippen LogP contribution in [0, 0.1) is 0 Å². The van der Waals surface area contributed by atoms with Gasteiger partial charge in [-0.3, -0.25) is 0 Å². The van der Waals surface area contributed by atoms with E-state index in [0.717, 1.165) is 10.0 Å². The Morgan fingerprint density at radius 1 is 1.54 bits per heavy atom. The van der Waals surface area contributed by atoms with Crippen molar-refractivity contribution in [3.63, 3.8) is 0 Å². The molecule has 0 bridgehead atoms. The fraction of sp³-hybridized carbons (Fsp3) is 0.333. The zero-order valence-electron chi connectivity index (χ0n) is 7.17. The third-order valence-electron chi connectivity index (χ3n) is 1.84. The van der Waals surface area contributed by atoms with Gasteiger partial charge in [-0.2, -0.15) is 0 Å². The normalized spacial score (nSPS) is 15.5. The molecule has 4 heteroatoms. The third-order valence-corrected chi connectivity index (χ3v) is 2.76. The highest BCUT2D eigenvalue weighted by Gasteiger charge is 2.14. The summed E-state index contributed by atoms with van der Waals surface area (Å²) in [6.07, 6.45) is -0.572. The van der Waals surface area contributed by atoms with Crippen molar-refractivity contribution >= 4 is 27.5 Å². The molecule has 2 atom stereocenters. The Hall–Kier alpha value is -0.0900. The Labute approximate surface area is 90.8 Å². The Morgan fingerprint density at radius 3 is 2.62 bits per heavy atom. The zero-order valence-corrected chi connectivity index (χ0v) is 9.51. The second-order valence-corrected chi connectivity index (χ2v) is 4.22. The van der Waals surface area contributed by atoms with E-state index in [9.17, 15) is 5.11 Å². The van der Waals surface area contributed by atoms with Crippen LogP contribution in [0.4, 0.5) is 0 Å². The first-order chi connectivity index (χ1) is 6.02. The number of halogens is 2. The fourth-order valence-electron chi connectivity index (χ4n) is 1.03. The predicted molar refractivity (Wildman–Crippen MR) is 57.8 cm³/mol. The molecule has 3 N–H and O–H groups in total. The summed E-state index contributed by atoms with van der Waals surface area (Å²) in [5.74, 6) is 0. The van der Waals surface area contributed by atoms with E-state index in [0.29, 0.717) is 5.02 Å². The van der Waals surface area contributed by atoms with Crippen LogP contribution in [-0.2, 0) is 0 Å². The number of aliphatic hydroxyl groups is 1. The van der Waals surface area contributed by atoms with Gasteiger partial charge in [-0.05, 0) is 24.6 Å². The van der Waals surface area contributed by atoms with Crippen molar-refractivity contribution < 1.29 is 5.11 Å². The predicted octanol–water partition coefficient (Wildman–Crippen LogP) is 2.48. The summed E-state index contributed by atoms with van der Waals surface area (Å²) in [6.45, 7) is 1.66. The minimum absolute atomic E-state index is 0.383. The molecule has 0 aliphatic heterocycles. The molecule has 0 aromatic heterocycles. The van der Waals surface area contributed by atoms with Gasteiger partial charge in [-0.15, -0.1) is 0 Å². The lowest BCUT2D eigenvalue weighted by Crippen LogP contribution is -2.23. The van der Waals surface area contributed by atoms with Gasteiger partial charge >= 0.3 is 0 Å². The van der Waals surface area contributed by atoms with Crippen LogP contribution in [0.15, 0.2) is 22.7 Å². The first kappa shape index (κ1) is 11.0. The van der Waals surface area contributed by atoms with Crippen molar-refractivity contribution in [2.45, 2.75) is 19.1 Å². The minimum atomic E-state index is -0.572. The summed E-state index contributed by atoms with van der Waals surface area (Å²) in [7, 11) is 0. The second-order valence-electron chi connectivity index (χ2n) is 2.93. The van der Waals surface area contributed by atoms with E-state index in [1.807, 2.05) is 6.07 Å². The van der Waals surface area contributed by atoms with Crippen LogP contribution in [0.5, 0.6) is 0 Å². The maximum absolute atomic E-state index is 9.29. The van der Waals surface area contributed by atoms with Crippen molar-refractivity contribution in [1.82, 2.24) is 0 Å². The molecular weight excluding hydrogens is 253 g/mol. The molecule has 0 spiro atoms. The van der Waals surface area contributed by atoms with Gasteiger partial charge in [-0.1, -0.05) is 33.6 Å². The zero-order chi connectivity index (χ0) is 10.0. The minimum Gasteiger partial charge on any atom is -0.391 e. The van der Waals surface area contributed by atoms with Gasteiger partial charge in [-0.25, -0.2) is 0 Å². The van der Waals surface area contributed by atoms with Gasteiger partial charge in [0.1, 0.15) is 0 Å². The maximum Gasteiger partial charge on any atom is 0.0705 e. The van der Waals surface area contributed by atoms with E-state index in [1.54, 1.807) is 19.1 Å². The molecule has 0 saturated carbocycles. The SMILES string of the molecule is C[C@@H](O)[C@H](N)c1ccc(Cl)cc1Br. The number of aliphatic hydroxyl groups excluding tert-OH is 1. The molecule has 72 valence electrons. The summed E-state index contributed by atoms with van der Waals surface area (Å²) >= 11 is 9.11. The Bertz CT molecular complexity index is 304. The van der Waals surface area contributed by atoms with Gasteiger partial charge in [0.25, 0.3) is 0 Å². The molecule has 0 unspecified atom stereocenters. The number of nitrogens with two attached hydrogens (primary N) is 1. The second kappa shape index (κ2) is 4.42. The van der Waals surface area contributed by atoms with Crippen molar-refractivity contribution in [1.29, 1.82) is 0 Å². The monoisotopic (exact) mass is 263 g/mol. The number of rotatable bonds is 2. The largest absolute Gasteiger partial charge is 0.391 e. The first-order valence-electron chi connectivity index (χ1n) is 3.91. The van der Waals surface area contributed by atoms with Crippen molar-refractivity contribution in [2.75, 3.05) is 0 Å². The van der Waals surface area contributed by atoms with Crippen LogP contribution in [0.2, 0.25) is 5.02 Å². The molecule has 0 aliphatic rings. The molecular formula is C9H11BrClNO. The Morgan fingerprint density at radius 2 is 2.15 bits per heavy atom. The van der Waals surface area contributed by atoms with Crippen LogP contribution in [0.3, 0.4) is 0 Å². The highest BCUT2D eigenvalue weighted by atomic mass is 79.9. The quantitative estimate of drug-likeness (QED) is 0.862. The van der Waals surface area contributed by atoms with Gasteiger partial charge in [0.2, 0.25) is 0 Å². The molecule has 13 heavy (non-hydrogen) atoms. The molecule has 0 aliphatic carbocycles. The van der Waals surface area contributed by atoms with Gasteiger partial charge in [0.15, 0.2) is 0 Å². The standard InChI is InChI=1S/C9H11BrClNO/c1-5(13)9(12)7-3-2-6(11)4-8(7)10/h2-5,9,13H,12H2,1H3/t5-,9+/m1/s1. The van der Waals surface area contributed by atoms with Crippen molar-refractivity contribution in [3.8, 4) is 0 Å². The molecule has 1 rings (SSSR count). The molecule has 0 heterocycles.